The van der Waals surface area contributed by atoms with Gasteiger partial charge in [-0.1, -0.05) is 0 Å². The first-order valence-corrected chi connectivity index (χ1v) is 5.59. The van der Waals surface area contributed by atoms with Crippen LogP contribution in [-0.2, 0) is 0 Å². The number of aryl methyl sites for hydroxylation is 1. The molecule has 0 atom stereocenters. The highest BCUT2D eigenvalue weighted by Crippen LogP contribution is 2.21. The number of rotatable bonds is 1. The third kappa shape index (κ3) is 1.54. The van der Waals surface area contributed by atoms with E-state index < -0.39 is 0 Å². The normalized spacial score (nSPS) is 10.4. The van der Waals surface area contributed by atoms with Crippen molar-refractivity contribution in [2.45, 2.75) is 6.92 Å². The fourth-order valence-electron chi connectivity index (χ4n) is 2.09. The van der Waals surface area contributed by atoms with Gasteiger partial charge in [-0.05, 0) is 37.3 Å². The molecule has 3 heterocycles. The Kier molecular flexibility index (Phi) is 2.31. The number of hydrogen-bond acceptors (Lipinski definition) is 3. The van der Waals surface area contributed by atoms with Crippen LogP contribution in [0.15, 0.2) is 42.7 Å². The van der Waals surface area contributed by atoms with E-state index in [1.165, 1.54) is 0 Å². The number of aromatic nitrogens is 3. The lowest BCUT2D eigenvalue weighted by atomic mass is 10.3. The molecule has 86 valence electrons. The third-order valence-corrected chi connectivity index (χ3v) is 2.88. The summed E-state index contributed by atoms with van der Waals surface area (Å²) in [5.41, 5.74) is 4.46. The van der Waals surface area contributed by atoms with Gasteiger partial charge in [0.1, 0.15) is 11.8 Å². The van der Waals surface area contributed by atoms with Gasteiger partial charge in [0.2, 0.25) is 0 Å². The highest BCUT2D eigenvalue weighted by atomic mass is 15.0. The van der Waals surface area contributed by atoms with E-state index >= 15 is 0 Å². The van der Waals surface area contributed by atoms with Crippen LogP contribution in [0.25, 0.3) is 16.7 Å². The van der Waals surface area contributed by atoms with Crippen molar-refractivity contribution in [3.05, 3.63) is 54.1 Å². The van der Waals surface area contributed by atoms with Crippen molar-refractivity contribution in [2.75, 3.05) is 0 Å². The average Bonchev–Trinajstić information content (AvgIpc) is 2.75. The molecular weight excluding hydrogens is 224 g/mol. The van der Waals surface area contributed by atoms with Gasteiger partial charge in [0, 0.05) is 11.9 Å². The Morgan fingerprint density at radius 2 is 2.11 bits per heavy atom. The van der Waals surface area contributed by atoms with Crippen LogP contribution >= 0.6 is 0 Å². The second-order valence-corrected chi connectivity index (χ2v) is 4.04. The molecule has 0 bridgehead atoms. The molecule has 0 aliphatic rings. The molecule has 0 spiro atoms. The zero-order valence-electron chi connectivity index (χ0n) is 9.83. The number of hydrogen-bond donors (Lipinski definition) is 0. The van der Waals surface area contributed by atoms with Crippen LogP contribution in [0.4, 0.5) is 0 Å². The molecule has 0 aromatic carbocycles. The summed E-state index contributed by atoms with van der Waals surface area (Å²) < 4.78 is 2.08. The van der Waals surface area contributed by atoms with Gasteiger partial charge < -0.3 is 4.57 Å². The Morgan fingerprint density at radius 3 is 2.83 bits per heavy atom. The van der Waals surface area contributed by atoms with Gasteiger partial charge in [0.05, 0.1) is 22.9 Å². The maximum absolute atomic E-state index is 8.76. The summed E-state index contributed by atoms with van der Waals surface area (Å²) in [7, 11) is 0. The number of nitrogens with zero attached hydrogens (tertiary/aromatic N) is 4. The molecule has 4 nitrogen and oxygen atoms in total. The molecule has 0 saturated carbocycles. The Hall–Kier alpha value is -2.67. The predicted molar refractivity (Wildman–Crippen MR) is 68.3 cm³/mol. The van der Waals surface area contributed by atoms with Crippen LogP contribution in [-0.4, -0.2) is 14.5 Å². The van der Waals surface area contributed by atoms with Crippen LogP contribution in [0, 0.1) is 18.3 Å². The van der Waals surface area contributed by atoms with Crippen LogP contribution in [0.3, 0.4) is 0 Å². The molecular formula is C14H10N4. The van der Waals surface area contributed by atoms with Crippen molar-refractivity contribution >= 4 is 11.0 Å². The van der Waals surface area contributed by atoms with Crippen LogP contribution in [0.1, 0.15) is 11.4 Å². The summed E-state index contributed by atoms with van der Waals surface area (Å²) in [5, 5.41) is 8.76. The first-order chi connectivity index (χ1) is 8.79. The van der Waals surface area contributed by atoms with Gasteiger partial charge in [-0.25, -0.2) is 4.98 Å². The largest absolute Gasteiger partial charge is 0.311 e. The standard InChI is InChI=1S/C14H10N4/c1-10-7-13-14(3-2-6-16-13)18(10)12-5-4-11(8-15)17-9-12/h2-7,9H,1H3. The fourth-order valence-corrected chi connectivity index (χ4v) is 2.09. The minimum Gasteiger partial charge on any atom is -0.311 e. The van der Waals surface area contributed by atoms with Crippen molar-refractivity contribution < 1.29 is 0 Å². The summed E-state index contributed by atoms with van der Waals surface area (Å²) in [4.78, 5) is 8.43. The van der Waals surface area contributed by atoms with E-state index in [1.807, 2.05) is 37.3 Å². The average molecular weight is 234 g/mol. The molecule has 3 aromatic rings. The fraction of sp³-hybridized carbons (Fsp3) is 0.0714. The molecule has 0 unspecified atom stereocenters. The Bertz CT molecular complexity index is 748. The first kappa shape index (κ1) is 10.5. The lowest BCUT2D eigenvalue weighted by molar-refractivity contribution is 1.03. The second kappa shape index (κ2) is 3.97. The van der Waals surface area contributed by atoms with Gasteiger partial charge in [0.25, 0.3) is 0 Å². The molecule has 0 saturated heterocycles. The summed E-state index contributed by atoms with van der Waals surface area (Å²) in [5.74, 6) is 0. The van der Waals surface area contributed by atoms with Gasteiger partial charge in [0.15, 0.2) is 0 Å². The predicted octanol–water partition coefficient (Wildman–Crippen LogP) is 2.60. The van der Waals surface area contributed by atoms with Crippen molar-refractivity contribution in [1.82, 2.24) is 14.5 Å². The molecule has 4 heteroatoms. The van der Waals surface area contributed by atoms with E-state index in [0.717, 1.165) is 22.4 Å². The molecule has 0 fully saturated rings. The first-order valence-electron chi connectivity index (χ1n) is 5.59. The molecule has 18 heavy (non-hydrogen) atoms. The molecule has 0 amide bonds. The van der Waals surface area contributed by atoms with Crippen molar-refractivity contribution in [3.63, 3.8) is 0 Å². The van der Waals surface area contributed by atoms with Gasteiger partial charge >= 0.3 is 0 Å². The van der Waals surface area contributed by atoms with Gasteiger partial charge in [-0.15, -0.1) is 0 Å². The smallest absolute Gasteiger partial charge is 0.140 e. The Morgan fingerprint density at radius 1 is 1.22 bits per heavy atom. The highest BCUT2D eigenvalue weighted by Gasteiger charge is 2.08. The Balaban J connectivity index is 2.24. The molecule has 0 radical (unpaired) electrons. The summed E-state index contributed by atoms with van der Waals surface area (Å²) >= 11 is 0. The summed E-state index contributed by atoms with van der Waals surface area (Å²) in [6, 6.07) is 11.6. The topological polar surface area (TPSA) is 54.5 Å². The van der Waals surface area contributed by atoms with E-state index in [2.05, 4.69) is 14.5 Å². The maximum atomic E-state index is 8.76. The van der Waals surface area contributed by atoms with Crippen molar-refractivity contribution in [1.29, 1.82) is 5.26 Å². The maximum Gasteiger partial charge on any atom is 0.140 e. The lowest BCUT2D eigenvalue weighted by Crippen LogP contribution is -1.97. The highest BCUT2D eigenvalue weighted by molar-refractivity contribution is 5.79. The van der Waals surface area contributed by atoms with E-state index in [9.17, 15) is 0 Å². The Labute approximate surface area is 104 Å². The molecule has 0 aliphatic carbocycles. The molecule has 3 aromatic heterocycles. The molecule has 0 aliphatic heterocycles. The third-order valence-electron chi connectivity index (χ3n) is 2.88. The minimum atomic E-state index is 0.422. The number of fused-ring (bicyclic) bond motifs is 1. The monoisotopic (exact) mass is 234 g/mol. The minimum absolute atomic E-state index is 0.422. The summed E-state index contributed by atoms with van der Waals surface area (Å²) in [6.45, 7) is 2.03. The molecule has 3 rings (SSSR count). The van der Waals surface area contributed by atoms with E-state index in [4.69, 9.17) is 5.26 Å². The number of nitriles is 1. The van der Waals surface area contributed by atoms with Crippen molar-refractivity contribution in [3.8, 4) is 11.8 Å². The quantitative estimate of drug-likeness (QED) is 0.650. The van der Waals surface area contributed by atoms with Crippen LogP contribution in [0.2, 0.25) is 0 Å². The van der Waals surface area contributed by atoms with Crippen molar-refractivity contribution in [2.24, 2.45) is 0 Å². The van der Waals surface area contributed by atoms with Crippen LogP contribution < -0.4 is 0 Å². The second-order valence-electron chi connectivity index (χ2n) is 4.04. The van der Waals surface area contributed by atoms with Crippen LogP contribution in [0.5, 0.6) is 0 Å². The van der Waals surface area contributed by atoms with Gasteiger partial charge in [-0.2, -0.15) is 5.26 Å². The lowest BCUT2D eigenvalue weighted by Gasteiger charge is -2.07. The van der Waals surface area contributed by atoms with E-state index in [1.54, 1.807) is 18.5 Å². The van der Waals surface area contributed by atoms with E-state index in [-0.39, 0.29) is 0 Å². The SMILES string of the molecule is Cc1cc2ncccc2n1-c1ccc(C#N)nc1. The zero-order valence-corrected chi connectivity index (χ0v) is 9.83. The molecule has 0 N–H and O–H groups in total. The summed E-state index contributed by atoms with van der Waals surface area (Å²) in [6.07, 6.45) is 3.49. The number of pyridine rings is 2. The van der Waals surface area contributed by atoms with E-state index in [0.29, 0.717) is 5.69 Å². The van der Waals surface area contributed by atoms with Gasteiger partial charge in [-0.3, -0.25) is 4.98 Å². The zero-order chi connectivity index (χ0) is 12.5.